The molecule has 0 fully saturated rings. The lowest BCUT2D eigenvalue weighted by molar-refractivity contribution is 0.102. The van der Waals surface area contributed by atoms with Crippen LogP contribution in [0.5, 0.6) is 0 Å². The van der Waals surface area contributed by atoms with Crippen LogP contribution in [0.3, 0.4) is 0 Å². The zero-order valence-electron chi connectivity index (χ0n) is 15.1. The van der Waals surface area contributed by atoms with Crippen molar-refractivity contribution < 1.29 is 9.18 Å². The van der Waals surface area contributed by atoms with Gasteiger partial charge in [-0.25, -0.2) is 9.37 Å². The smallest absolute Gasteiger partial charge is 0.257 e. The van der Waals surface area contributed by atoms with Gasteiger partial charge < -0.3 is 0 Å². The average Bonchev–Trinajstić information content (AvgIpc) is 3.13. The molecule has 0 saturated heterocycles. The van der Waals surface area contributed by atoms with Crippen LogP contribution < -0.4 is 5.32 Å². The number of rotatable bonds is 4. The zero-order valence-corrected chi connectivity index (χ0v) is 16.0. The number of benzene rings is 3. The van der Waals surface area contributed by atoms with Crippen LogP contribution in [0, 0.1) is 12.7 Å². The maximum Gasteiger partial charge on any atom is 0.257 e. The summed E-state index contributed by atoms with van der Waals surface area (Å²) in [6.07, 6.45) is 0. The number of thiazole rings is 1. The van der Waals surface area contributed by atoms with E-state index >= 15 is 0 Å². The molecule has 0 aliphatic carbocycles. The van der Waals surface area contributed by atoms with Crippen LogP contribution in [0.4, 0.5) is 9.52 Å². The Morgan fingerprint density at radius 3 is 2.25 bits per heavy atom. The Morgan fingerprint density at radius 2 is 1.57 bits per heavy atom. The molecule has 0 saturated carbocycles. The van der Waals surface area contributed by atoms with Gasteiger partial charge in [-0.1, -0.05) is 71.5 Å². The van der Waals surface area contributed by atoms with Crippen molar-refractivity contribution >= 4 is 22.4 Å². The highest BCUT2D eigenvalue weighted by atomic mass is 32.1. The third kappa shape index (κ3) is 3.85. The van der Waals surface area contributed by atoms with Crippen molar-refractivity contribution in [2.24, 2.45) is 0 Å². The number of carbonyl (C=O) groups excluding carboxylic acids is 1. The number of nitrogens with zero attached hydrogens (tertiary/aromatic N) is 1. The largest absolute Gasteiger partial charge is 0.298 e. The Morgan fingerprint density at radius 1 is 0.893 bits per heavy atom. The highest BCUT2D eigenvalue weighted by Crippen LogP contribution is 2.39. The van der Waals surface area contributed by atoms with Gasteiger partial charge in [-0.2, -0.15) is 0 Å². The lowest BCUT2D eigenvalue weighted by atomic mass is 10.1. The Balaban J connectivity index is 1.71. The van der Waals surface area contributed by atoms with Crippen LogP contribution >= 0.6 is 11.3 Å². The van der Waals surface area contributed by atoms with Crippen molar-refractivity contribution in [2.45, 2.75) is 6.92 Å². The van der Waals surface area contributed by atoms with Crippen molar-refractivity contribution in [3.05, 3.63) is 95.8 Å². The maximum atomic E-state index is 13.1. The lowest BCUT2D eigenvalue weighted by Crippen LogP contribution is -2.11. The maximum absolute atomic E-state index is 13.1. The number of carbonyl (C=O) groups is 1. The topological polar surface area (TPSA) is 42.0 Å². The fourth-order valence-electron chi connectivity index (χ4n) is 2.84. The first-order valence-corrected chi connectivity index (χ1v) is 9.62. The Labute approximate surface area is 166 Å². The number of hydrogen-bond acceptors (Lipinski definition) is 3. The molecule has 4 aromatic rings. The second-order valence-corrected chi connectivity index (χ2v) is 7.39. The van der Waals surface area contributed by atoms with Gasteiger partial charge in [-0.15, -0.1) is 0 Å². The van der Waals surface area contributed by atoms with E-state index in [4.69, 9.17) is 0 Å². The standard InChI is InChI=1S/C23H17FN2OS/c1-15-7-9-16(10-8-15)20-21(17-5-3-2-4-6-17)28-23(25-20)26-22(27)18-11-13-19(24)14-12-18/h2-14H,1H3,(H,25,26,27). The molecule has 0 aliphatic heterocycles. The van der Waals surface area contributed by atoms with E-state index in [2.05, 4.69) is 10.3 Å². The van der Waals surface area contributed by atoms with Crippen molar-refractivity contribution in [1.29, 1.82) is 0 Å². The summed E-state index contributed by atoms with van der Waals surface area (Å²) >= 11 is 1.42. The SMILES string of the molecule is Cc1ccc(-c2nc(NC(=O)c3ccc(F)cc3)sc2-c2ccccc2)cc1. The molecule has 0 bridgehead atoms. The van der Waals surface area contributed by atoms with Gasteiger partial charge in [0.2, 0.25) is 0 Å². The summed E-state index contributed by atoms with van der Waals surface area (Å²) in [5.41, 5.74) is 4.41. The van der Waals surface area contributed by atoms with Crippen molar-refractivity contribution in [3.63, 3.8) is 0 Å². The summed E-state index contributed by atoms with van der Waals surface area (Å²) in [4.78, 5) is 18.2. The molecule has 0 spiro atoms. The molecule has 3 nitrogen and oxygen atoms in total. The Hall–Kier alpha value is -3.31. The van der Waals surface area contributed by atoms with Crippen molar-refractivity contribution in [1.82, 2.24) is 4.98 Å². The summed E-state index contributed by atoms with van der Waals surface area (Å²) in [6.45, 7) is 2.04. The molecular weight excluding hydrogens is 371 g/mol. The van der Waals surface area contributed by atoms with Gasteiger partial charge in [-0.3, -0.25) is 10.1 Å². The van der Waals surface area contributed by atoms with Crippen LogP contribution in [0.15, 0.2) is 78.9 Å². The monoisotopic (exact) mass is 388 g/mol. The molecule has 4 rings (SSSR count). The second kappa shape index (κ2) is 7.74. The summed E-state index contributed by atoms with van der Waals surface area (Å²) in [6, 6.07) is 23.6. The number of aromatic nitrogens is 1. The van der Waals surface area contributed by atoms with Crippen LogP contribution in [-0.2, 0) is 0 Å². The predicted molar refractivity (Wildman–Crippen MR) is 112 cm³/mol. The number of halogens is 1. The van der Waals surface area contributed by atoms with E-state index in [1.807, 2.05) is 61.5 Å². The van der Waals surface area contributed by atoms with E-state index in [0.29, 0.717) is 10.7 Å². The van der Waals surface area contributed by atoms with Crippen LogP contribution in [-0.4, -0.2) is 10.9 Å². The minimum atomic E-state index is -0.376. The Bertz CT molecular complexity index is 1100. The third-order valence-electron chi connectivity index (χ3n) is 4.32. The van der Waals surface area contributed by atoms with E-state index in [9.17, 15) is 9.18 Å². The van der Waals surface area contributed by atoms with Gasteiger partial charge in [0.1, 0.15) is 5.82 Å². The van der Waals surface area contributed by atoms with Gasteiger partial charge in [0, 0.05) is 11.1 Å². The first-order valence-electron chi connectivity index (χ1n) is 8.80. The van der Waals surface area contributed by atoms with E-state index in [0.717, 1.165) is 21.7 Å². The molecule has 1 aromatic heterocycles. The normalized spacial score (nSPS) is 10.6. The van der Waals surface area contributed by atoms with Crippen molar-refractivity contribution in [3.8, 4) is 21.7 Å². The highest BCUT2D eigenvalue weighted by Gasteiger charge is 2.17. The van der Waals surface area contributed by atoms with Gasteiger partial charge >= 0.3 is 0 Å². The minimum Gasteiger partial charge on any atom is -0.298 e. The van der Waals surface area contributed by atoms with E-state index in [1.165, 1.54) is 41.2 Å². The Kier molecular flexibility index (Phi) is 5.00. The molecule has 1 N–H and O–H groups in total. The minimum absolute atomic E-state index is 0.316. The number of anilines is 1. The molecule has 0 unspecified atom stereocenters. The third-order valence-corrected chi connectivity index (χ3v) is 5.33. The van der Waals surface area contributed by atoms with E-state index in [1.54, 1.807) is 0 Å². The van der Waals surface area contributed by atoms with Gasteiger partial charge in [0.05, 0.1) is 10.6 Å². The molecule has 5 heteroatoms. The lowest BCUT2D eigenvalue weighted by Gasteiger charge is -2.03. The van der Waals surface area contributed by atoms with E-state index < -0.39 is 0 Å². The predicted octanol–water partition coefficient (Wildman–Crippen LogP) is 6.18. The first kappa shape index (κ1) is 18.1. The second-order valence-electron chi connectivity index (χ2n) is 6.39. The summed E-state index contributed by atoms with van der Waals surface area (Å²) in [5, 5.41) is 3.34. The quantitative estimate of drug-likeness (QED) is 0.454. The molecule has 28 heavy (non-hydrogen) atoms. The molecule has 0 atom stereocenters. The highest BCUT2D eigenvalue weighted by molar-refractivity contribution is 7.19. The van der Waals surface area contributed by atoms with Crippen LogP contribution in [0.1, 0.15) is 15.9 Å². The molecule has 0 aliphatic rings. The summed E-state index contributed by atoms with van der Waals surface area (Å²) in [5.74, 6) is -0.692. The zero-order chi connectivity index (χ0) is 19.5. The van der Waals surface area contributed by atoms with Crippen LogP contribution in [0.25, 0.3) is 21.7 Å². The number of amides is 1. The molecule has 0 radical (unpaired) electrons. The van der Waals surface area contributed by atoms with Crippen molar-refractivity contribution in [2.75, 3.05) is 5.32 Å². The number of aryl methyl sites for hydroxylation is 1. The molecule has 1 amide bonds. The number of hydrogen-bond donors (Lipinski definition) is 1. The van der Waals surface area contributed by atoms with Crippen LogP contribution in [0.2, 0.25) is 0 Å². The van der Waals surface area contributed by atoms with E-state index in [-0.39, 0.29) is 11.7 Å². The molecular formula is C23H17FN2OS. The molecule has 138 valence electrons. The fourth-order valence-corrected chi connectivity index (χ4v) is 3.82. The fraction of sp³-hybridized carbons (Fsp3) is 0.0435. The average molecular weight is 388 g/mol. The summed E-state index contributed by atoms with van der Waals surface area (Å²) < 4.78 is 13.1. The first-order chi connectivity index (χ1) is 13.6. The van der Waals surface area contributed by atoms with Gasteiger partial charge in [0.15, 0.2) is 5.13 Å². The van der Waals surface area contributed by atoms with Gasteiger partial charge in [-0.05, 0) is 36.8 Å². The molecule has 1 heterocycles. The van der Waals surface area contributed by atoms with Gasteiger partial charge in [0.25, 0.3) is 5.91 Å². The molecule has 3 aromatic carbocycles. The summed E-state index contributed by atoms with van der Waals surface area (Å²) in [7, 11) is 0. The number of nitrogens with one attached hydrogen (secondary N) is 1.